The number of hydrogen-bond acceptors (Lipinski definition) is 2. The molecule has 0 aliphatic rings. The van der Waals surface area contributed by atoms with Gasteiger partial charge in [0.2, 0.25) is 0 Å². The maximum absolute atomic E-state index is 12.1. The van der Waals surface area contributed by atoms with Crippen LogP contribution in [0.4, 0.5) is 0 Å². The summed E-state index contributed by atoms with van der Waals surface area (Å²) >= 11 is 19.3. The van der Waals surface area contributed by atoms with Gasteiger partial charge in [0, 0.05) is 16.5 Å². The quantitative estimate of drug-likeness (QED) is 0.688. The van der Waals surface area contributed by atoms with E-state index in [1.54, 1.807) is 18.2 Å². The van der Waals surface area contributed by atoms with Crippen molar-refractivity contribution in [3.63, 3.8) is 0 Å². The number of benzene rings is 1. The van der Waals surface area contributed by atoms with Gasteiger partial charge in [0.05, 0.1) is 9.90 Å². The van der Waals surface area contributed by atoms with Crippen molar-refractivity contribution in [1.82, 2.24) is 0 Å². The Kier molecular flexibility index (Phi) is 4.33. The van der Waals surface area contributed by atoms with E-state index < -0.39 is 0 Å². The molecule has 0 saturated heterocycles. The molecular weight excluding hydrogens is 311 g/mol. The monoisotopic (exact) mass is 318 g/mol. The SMILES string of the molecule is Cc1csc(C(=O)Cc2cc(Cl)ccc2Cl)c1Cl. The summed E-state index contributed by atoms with van der Waals surface area (Å²) in [6.07, 6.45) is 0.207. The van der Waals surface area contributed by atoms with Gasteiger partial charge in [-0.15, -0.1) is 11.3 Å². The molecule has 1 aromatic heterocycles. The molecule has 0 unspecified atom stereocenters. The Balaban J connectivity index is 2.27. The molecule has 0 fully saturated rings. The third-order valence-electron chi connectivity index (χ3n) is 2.51. The lowest BCUT2D eigenvalue weighted by molar-refractivity contribution is 0.0997. The lowest BCUT2D eigenvalue weighted by Crippen LogP contribution is -2.02. The minimum atomic E-state index is -0.0396. The van der Waals surface area contributed by atoms with Crippen LogP contribution in [0.25, 0.3) is 0 Å². The highest BCUT2D eigenvalue weighted by molar-refractivity contribution is 7.13. The van der Waals surface area contributed by atoms with Gasteiger partial charge in [-0.25, -0.2) is 0 Å². The van der Waals surface area contributed by atoms with Gasteiger partial charge < -0.3 is 0 Å². The van der Waals surface area contributed by atoms with E-state index in [1.165, 1.54) is 11.3 Å². The normalized spacial score (nSPS) is 10.7. The Morgan fingerprint density at radius 2 is 2.00 bits per heavy atom. The lowest BCUT2D eigenvalue weighted by Gasteiger charge is -2.04. The number of rotatable bonds is 3. The maximum atomic E-state index is 12.1. The van der Waals surface area contributed by atoms with E-state index in [4.69, 9.17) is 34.8 Å². The Bertz CT molecular complexity index is 604. The topological polar surface area (TPSA) is 17.1 Å². The van der Waals surface area contributed by atoms with Crippen molar-refractivity contribution in [2.75, 3.05) is 0 Å². The van der Waals surface area contributed by atoms with Crippen molar-refractivity contribution in [2.24, 2.45) is 0 Å². The van der Waals surface area contributed by atoms with Crippen LogP contribution in [0.3, 0.4) is 0 Å². The molecular formula is C13H9Cl3OS. The largest absolute Gasteiger partial charge is 0.293 e. The summed E-state index contributed by atoms with van der Waals surface area (Å²) in [6, 6.07) is 5.09. The summed E-state index contributed by atoms with van der Waals surface area (Å²) < 4.78 is 0. The summed E-state index contributed by atoms with van der Waals surface area (Å²) in [5.41, 5.74) is 1.64. The lowest BCUT2D eigenvalue weighted by atomic mass is 10.1. The van der Waals surface area contributed by atoms with Gasteiger partial charge in [0.15, 0.2) is 5.78 Å². The van der Waals surface area contributed by atoms with Crippen molar-refractivity contribution in [2.45, 2.75) is 13.3 Å². The van der Waals surface area contributed by atoms with Crippen molar-refractivity contribution >= 4 is 51.9 Å². The fourth-order valence-electron chi connectivity index (χ4n) is 1.55. The Labute approximate surface area is 124 Å². The first-order valence-electron chi connectivity index (χ1n) is 5.19. The van der Waals surface area contributed by atoms with E-state index in [1.807, 2.05) is 12.3 Å². The fourth-order valence-corrected chi connectivity index (χ4v) is 3.17. The Morgan fingerprint density at radius 1 is 1.28 bits per heavy atom. The molecule has 0 atom stereocenters. The van der Waals surface area contributed by atoms with Gasteiger partial charge in [-0.1, -0.05) is 34.8 Å². The van der Waals surface area contributed by atoms with Gasteiger partial charge in [0.25, 0.3) is 0 Å². The van der Waals surface area contributed by atoms with E-state index in [0.717, 1.165) is 11.1 Å². The molecule has 94 valence electrons. The van der Waals surface area contributed by atoms with Gasteiger partial charge in [-0.3, -0.25) is 4.79 Å². The Morgan fingerprint density at radius 3 is 2.61 bits per heavy atom. The molecule has 0 aliphatic carbocycles. The van der Waals surface area contributed by atoms with E-state index >= 15 is 0 Å². The highest BCUT2D eigenvalue weighted by Gasteiger charge is 2.16. The van der Waals surface area contributed by atoms with Crippen molar-refractivity contribution in [3.8, 4) is 0 Å². The minimum Gasteiger partial charge on any atom is -0.293 e. The number of thiophene rings is 1. The van der Waals surface area contributed by atoms with Crippen LogP contribution >= 0.6 is 46.1 Å². The van der Waals surface area contributed by atoms with E-state index in [9.17, 15) is 4.79 Å². The second-order valence-electron chi connectivity index (χ2n) is 3.90. The zero-order valence-corrected chi connectivity index (χ0v) is 12.6. The molecule has 0 aliphatic heterocycles. The average molecular weight is 320 g/mol. The Hall–Kier alpha value is -0.540. The summed E-state index contributed by atoms with van der Waals surface area (Å²) in [5, 5.41) is 3.51. The van der Waals surface area contributed by atoms with Crippen LogP contribution in [0.5, 0.6) is 0 Å². The number of aryl methyl sites for hydroxylation is 1. The molecule has 0 N–H and O–H groups in total. The highest BCUT2D eigenvalue weighted by Crippen LogP contribution is 2.29. The fraction of sp³-hybridized carbons (Fsp3) is 0.154. The predicted molar refractivity (Wildman–Crippen MR) is 78.6 cm³/mol. The molecule has 0 spiro atoms. The standard InChI is InChI=1S/C13H9Cl3OS/c1-7-6-18-13(12(7)16)11(17)5-8-4-9(14)2-3-10(8)15/h2-4,6H,5H2,1H3. The van der Waals surface area contributed by atoms with E-state index in [-0.39, 0.29) is 12.2 Å². The van der Waals surface area contributed by atoms with Gasteiger partial charge >= 0.3 is 0 Å². The predicted octanol–water partition coefficient (Wildman–Crippen LogP) is 5.44. The van der Waals surface area contributed by atoms with Gasteiger partial charge in [0.1, 0.15) is 0 Å². The zero-order valence-electron chi connectivity index (χ0n) is 9.47. The van der Waals surface area contributed by atoms with Gasteiger partial charge in [-0.2, -0.15) is 0 Å². The van der Waals surface area contributed by atoms with Crippen molar-refractivity contribution in [3.05, 3.63) is 54.7 Å². The molecule has 1 heterocycles. The first-order valence-corrected chi connectivity index (χ1v) is 7.21. The number of ketones is 1. The molecule has 0 bridgehead atoms. The van der Waals surface area contributed by atoms with Gasteiger partial charge in [-0.05, 0) is 41.6 Å². The molecule has 1 aromatic carbocycles. The van der Waals surface area contributed by atoms with Crippen LogP contribution in [-0.2, 0) is 6.42 Å². The second kappa shape index (κ2) is 5.62. The molecule has 18 heavy (non-hydrogen) atoms. The van der Waals surface area contributed by atoms with Crippen LogP contribution < -0.4 is 0 Å². The van der Waals surface area contributed by atoms with Crippen LogP contribution in [0.2, 0.25) is 15.1 Å². The third kappa shape index (κ3) is 2.89. The maximum Gasteiger partial charge on any atom is 0.178 e. The number of Topliss-reactive ketones (excluding diaryl/α,β-unsaturated/α-hetero) is 1. The van der Waals surface area contributed by atoms with Crippen LogP contribution in [-0.4, -0.2) is 5.78 Å². The molecule has 0 radical (unpaired) electrons. The second-order valence-corrected chi connectivity index (χ2v) is 6.00. The molecule has 5 heteroatoms. The third-order valence-corrected chi connectivity index (χ3v) is 4.85. The average Bonchev–Trinajstić information content (AvgIpc) is 2.65. The number of halogens is 3. The molecule has 2 aromatic rings. The van der Waals surface area contributed by atoms with Crippen LogP contribution in [0.1, 0.15) is 20.8 Å². The smallest absolute Gasteiger partial charge is 0.178 e. The number of hydrogen-bond donors (Lipinski definition) is 0. The zero-order chi connectivity index (χ0) is 13.3. The van der Waals surface area contributed by atoms with E-state index in [2.05, 4.69) is 0 Å². The van der Waals surface area contributed by atoms with Crippen molar-refractivity contribution < 1.29 is 4.79 Å². The number of carbonyl (C=O) groups is 1. The summed E-state index contributed by atoms with van der Waals surface area (Å²) in [7, 11) is 0. The molecule has 2 rings (SSSR count). The van der Waals surface area contributed by atoms with Crippen LogP contribution in [0.15, 0.2) is 23.6 Å². The number of carbonyl (C=O) groups excluding carboxylic acids is 1. The van der Waals surface area contributed by atoms with E-state index in [0.29, 0.717) is 19.9 Å². The summed E-state index contributed by atoms with van der Waals surface area (Å²) in [5.74, 6) is -0.0396. The minimum absolute atomic E-state index is 0.0396. The van der Waals surface area contributed by atoms with Crippen molar-refractivity contribution in [1.29, 1.82) is 0 Å². The van der Waals surface area contributed by atoms with Crippen LogP contribution in [0, 0.1) is 6.92 Å². The first kappa shape index (κ1) is 13.9. The first-order chi connectivity index (χ1) is 8.49. The summed E-state index contributed by atoms with van der Waals surface area (Å²) in [4.78, 5) is 12.7. The molecule has 0 amide bonds. The highest BCUT2D eigenvalue weighted by atomic mass is 35.5. The summed E-state index contributed by atoms with van der Waals surface area (Å²) in [6.45, 7) is 1.88. The molecule has 0 saturated carbocycles. The molecule has 1 nitrogen and oxygen atoms in total.